The fraction of sp³-hybridized carbons (Fsp3) is 0.250. The Kier molecular flexibility index (Phi) is 4.74. The Morgan fingerprint density at radius 1 is 1.24 bits per heavy atom. The smallest absolute Gasteiger partial charge is 0.307 e. The molecule has 0 unspecified atom stereocenters. The SMILES string of the molecule is CC(C)n1cc(CC(=O)O)c2c(OCc3ccccc3)cc(F)cc21. The van der Waals surface area contributed by atoms with Crippen molar-refractivity contribution < 1.29 is 19.0 Å². The second-order valence-electron chi connectivity index (χ2n) is 6.30. The minimum Gasteiger partial charge on any atom is -0.488 e. The highest BCUT2D eigenvalue weighted by molar-refractivity contribution is 5.92. The largest absolute Gasteiger partial charge is 0.488 e. The van der Waals surface area contributed by atoms with Gasteiger partial charge in [-0.3, -0.25) is 4.79 Å². The zero-order chi connectivity index (χ0) is 18.0. The van der Waals surface area contributed by atoms with E-state index in [1.54, 1.807) is 6.20 Å². The topological polar surface area (TPSA) is 51.5 Å². The molecule has 0 aliphatic rings. The van der Waals surface area contributed by atoms with E-state index in [1.807, 2.05) is 48.7 Å². The van der Waals surface area contributed by atoms with E-state index in [2.05, 4.69) is 0 Å². The maximum absolute atomic E-state index is 14.1. The molecule has 1 aromatic heterocycles. The van der Waals surface area contributed by atoms with Crippen LogP contribution in [-0.4, -0.2) is 15.6 Å². The van der Waals surface area contributed by atoms with Gasteiger partial charge in [-0.25, -0.2) is 4.39 Å². The van der Waals surface area contributed by atoms with Gasteiger partial charge in [-0.05, 0) is 31.0 Å². The molecule has 0 aliphatic heterocycles. The maximum Gasteiger partial charge on any atom is 0.307 e. The highest BCUT2D eigenvalue weighted by Gasteiger charge is 2.18. The lowest BCUT2D eigenvalue weighted by atomic mass is 10.1. The summed E-state index contributed by atoms with van der Waals surface area (Å²) in [5.41, 5.74) is 2.23. The van der Waals surface area contributed by atoms with Crippen LogP contribution in [-0.2, 0) is 17.8 Å². The van der Waals surface area contributed by atoms with Crippen LogP contribution in [0.4, 0.5) is 4.39 Å². The van der Waals surface area contributed by atoms with Gasteiger partial charge in [0.15, 0.2) is 0 Å². The second kappa shape index (κ2) is 6.97. The highest BCUT2D eigenvalue weighted by atomic mass is 19.1. The molecule has 4 nitrogen and oxygen atoms in total. The van der Waals surface area contributed by atoms with Crippen LogP contribution in [0.3, 0.4) is 0 Å². The predicted molar refractivity (Wildman–Crippen MR) is 94.4 cm³/mol. The van der Waals surface area contributed by atoms with Gasteiger partial charge in [0.1, 0.15) is 18.2 Å². The minimum absolute atomic E-state index is 0.0776. The van der Waals surface area contributed by atoms with Crippen molar-refractivity contribution in [3.63, 3.8) is 0 Å². The molecule has 0 saturated heterocycles. The summed E-state index contributed by atoms with van der Waals surface area (Å²) >= 11 is 0. The standard InChI is InChI=1S/C20H20FNO3/c1-13(2)22-11-15(8-19(23)24)20-17(22)9-16(21)10-18(20)25-12-14-6-4-3-5-7-14/h3-7,9-11,13H,8,12H2,1-2H3,(H,23,24). The van der Waals surface area contributed by atoms with Crippen LogP contribution in [0.25, 0.3) is 10.9 Å². The first-order valence-electron chi connectivity index (χ1n) is 8.17. The van der Waals surface area contributed by atoms with E-state index < -0.39 is 11.8 Å². The number of aromatic nitrogens is 1. The van der Waals surface area contributed by atoms with Crippen molar-refractivity contribution >= 4 is 16.9 Å². The molecule has 0 radical (unpaired) electrons. The molecule has 0 amide bonds. The number of halogens is 1. The van der Waals surface area contributed by atoms with Gasteiger partial charge in [-0.1, -0.05) is 30.3 Å². The molecule has 0 spiro atoms. The predicted octanol–water partition coefficient (Wildman–Crippen LogP) is 4.57. The van der Waals surface area contributed by atoms with Gasteiger partial charge in [0, 0.05) is 23.7 Å². The number of fused-ring (bicyclic) bond motifs is 1. The number of hydrogen-bond donors (Lipinski definition) is 1. The van der Waals surface area contributed by atoms with Crippen molar-refractivity contribution in [2.75, 3.05) is 0 Å². The number of rotatable bonds is 6. The third-order valence-corrected chi connectivity index (χ3v) is 4.08. The zero-order valence-electron chi connectivity index (χ0n) is 14.2. The Morgan fingerprint density at radius 3 is 2.60 bits per heavy atom. The molecule has 3 aromatic rings. The first-order chi connectivity index (χ1) is 12.0. The van der Waals surface area contributed by atoms with Crippen molar-refractivity contribution in [2.45, 2.75) is 32.9 Å². The number of benzene rings is 2. The quantitative estimate of drug-likeness (QED) is 0.715. The van der Waals surface area contributed by atoms with Crippen molar-refractivity contribution in [1.29, 1.82) is 0 Å². The summed E-state index contributed by atoms with van der Waals surface area (Å²) in [6.07, 6.45) is 1.64. The monoisotopic (exact) mass is 341 g/mol. The summed E-state index contributed by atoms with van der Waals surface area (Å²) in [4.78, 5) is 11.2. The third-order valence-electron chi connectivity index (χ3n) is 4.08. The molecular formula is C20H20FNO3. The summed E-state index contributed by atoms with van der Waals surface area (Å²) in [7, 11) is 0. The normalized spacial score (nSPS) is 11.2. The average Bonchev–Trinajstić information content (AvgIpc) is 2.91. The lowest BCUT2D eigenvalue weighted by molar-refractivity contribution is -0.136. The Balaban J connectivity index is 2.08. The summed E-state index contributed by atoms with van der Waals surface area (Å²) in [6, 6.07) is 12.4. The number of carboxylic acid groups (broad SMARTS) is 1. The first-order valence-corrected chi connectivity index (χ1v) is 8.17. The third kappa shape index (κ3) is 3.65. The second-order valence-corrected chi connectivity index (χ2v) is 6.30. The summed E-state index contributed by atoms with van der Waals surface area (Å²) in [5, 5.41) is 9.86. The molecule has 0 atom stereocenters. The van der Waals surface area contributed by atoms with E-state index >= 15 is 0 Å². The molecule has 0 bridgehead atoms. The molecule has 1 N–H and O–H groups in total. The summed E-state index contributed by atoms with van der Waals surface area (Å²) in [5.74, 6) is -0.965. The molecule has 130 valence electrons. The molecule has 0 fully saturated rings. The molecular weight excluding hydrogens is 321 g/mol. The number of ether oxygens (including phenoxy) is 1. The van der Waals surface area contributed by atoms with Crippen LogP contribution in [0.15, 0.2) is 48.7 Å². The van der Waals surface area contributed by atoms with Gasteiger partial charge >= 0.3 is 5.97 Å². The molecule has 3 rings (SSSR count). The average molecular weight is 341 g/mol. The highest BCUT2D eigenvalue weighted by Crippen LogP contribution is 2.34. The summed E-state index contributed by atoms with van der Waals surface area (Å²) in [6.45, 7) is 4.23. The molecule has 5 heteroatoms. The number of hydrogen-bond acceptors (Lipinski definition) is 2. The Morgan fingerprint density at radius 2 is 1.96 bits per heavy atom. The summed E-state index contributed by atoms with van der Waals surface area (Å²) < 4.78 is 21.9. The van der Waals surface area contributed by atoms with Crippen LogP contribution in [0, 0.1) is 5.82 Å². The molecule has 0 saturated carbocycles. The fourth-order valence-electron chi connectivity index (χ4n) is 2.97. The van der Waals surface area contributed by atoms with Crippen molar-refractivity contribution in [3.8, 4) is 5.75 Å². The zero-order valence-corrected chi connectivity index (χ0v) is 14.2. The van der Waals surface area contributed by atoms with Gasteiger partial charge in [0.2, 0.25) is 0 Å². The number of aliphatic carboxylic acids is 1. The Hall–Kier alpha value is -2.82. The van der Waals surface area contributed by atoms with E-state index in [0.717, 1.165) is 5.56 Å². The number of nitrogens with zero attached hydrogens (tertiary/aromatic N) is 1. The van der Waals surface area contributed by atoms with Gasteiger partial charge < -0.3 is 14.4 Å². The van der Waals surface area contributed by atoms with Gasteiger partial charge in [0.25, 0.3) is 0 Å². The Bertz CT molecular complexity index is 900. The van der Waals surface area contributed by atoms with Gasteiger partial charge in [-0.2, -0.15) is 0 Å². The van der Waals surface area contributed by atoms with Crippen LogP contribution in [0.1, 0.15) is 31.0 Å². The Labute approximate surface area is 145 Å². The van der Waals surface area contributed by atoms with Crippen molar-refractivity contribution in [1.82, 2.24) is 4.57 Å². The molecule has 25 heavy (non-hydrogen) atoms. The van der Waals surface area contributed by atoms with Crippen molar-refractivity contribution in [3.05, 3.63) is 65.6 Å². The van der Waals surface area contributed by atoms with E-state index in [4.69, 9.17) is 4.74 Å². The molecule has 0 aliphatic carbocycles. The lowest BCUT2D eigenvalue weighted by Crippen LogP contribution is -2.01. The van der Waals surface area contributed by atoms with Crippen LogP contribution < -0.4 is 4.74 Å². The first kappa shape index (κ1) is 17.0. The lowest BCUT2D eigenvalue weighted by Gasteiger charge is -2.12. The molecule has 2 aromatic carbocycles. The fourth-order valence-corrected chi connectivity index (χ4v) is 2.97. The van der Waals surface area contributed by atoms with E-state index in [-0.39, 0.29) is 12.5 Å². The van der Waals surface area contributed by atoms with E-state index in [9.17, 15) is 14.3 Å². The maximum atomic E-state index is 14.1. The van der Waals surface area contributed by atoms with Gasteiger partial charge in [0.05, 0.1) is 11.9 Å². The van der Waals surface area contributed by atoms with Gasteiger partial charge in [-0.15, -0.1) is 0 Å². The van der Waals surface area contributed by atoms with Crippen LogP contribution in [0.2, 0.25) is 0 Å². The number of carboxylic acids is 1. The van der Waals surface area contributed by atoms with E-state index in [1.165, 1.54) is 12.1 Å². The van der Waals surface area contributed by atoms with Crippen LogP contribution in [0.5, 0.6) is 5.75 Å². The molecule has 1 heterocycles. The van der Waals surface area contributed by atoms with Crippen molar-refractivity contribution in [2.24, 2.45) is 0 Å². The van der Waals surface area contributed by atoms with Crippen LogP contribution >= 0.6 is 0 Å². The minimum atomic E-state index is -0.929. The van der Waals surface area contributed by atoms with E-state index in [0.29, 0.717) is 28.8 Å². The number of carbonyl (C=O) groups is 1.